The van der Waals surface area contributed by atoms with E-state index < -0.39 is 0 Å². The lowest BCUT2D eigenvalue weighted by Crippen LogP contribution is -2.03. The first-order valence-electron chi connectivity index (χ1n) is 32.2. The molecule has 0 unspecified atom stereocenters. The van der Waals surface area contributed by atoms with Crippen LogP contribution >= 0.6 is 0 Å². The number of hydrogen-bond donors (Lipinski definition) is 0. The van der Waals surface area contributed by atoms with Crippen LogP contribution in [0.5, 0.6) is 0 Å². The van der Waals surface area contributed by atoms with Crippen molar-refractivity contribution in [1.82, 2.24) is 23.3 Å². The molecule has 442 valence electrons. The normalized spacial score (nSPS) is 11.8. The van der Waals surface area contributed by atoms with Crippen LogP contribution in [0.1, 0.15) is 27.8 Å². The molecule has 0 aliphatic heterocycles. The SMILES string of the molecule is Cc1ccc2c(c1)c1ccccc1n2-c1ccc(-c2c(C#N)c(-c3cccnc3)c(-c3ccc(-n4c5ccccc5c5cc(C)ccc54)cc3)c(-c3ccc(-n4c5ccccc5c5cc(C)ccc54)cc3)c2-c2ccc(-n3c4ccccc4c4cc(C)ccc43)cc2)cc1. The summed E-state index contributed by atoms with van der Waals surface area (Å²) in [5.74, 6) is 0. The number of aryl methyl sites for hydroxylation is 4. The van der Waals surface area contributed by atoms with Crippen molar-refractivity contribution in [2.75, 3.05) is 0 Å². The molecule has 0 aliphatic rings. The van der Waals surface area contributed by atoms with Crippen molar-refractivity contribution in [1.29, 1.82) is 5.26 Å². The first-order valence-corrected chi connectivity index (χ1v) is 32.2. The quantitative estimate of drug-likeness (QED) is 0.145. The second-order valence-corrected chi connectivity index (χ2v) is 25.3. The van der Waals surface area contributed by atoms with E-state index in [1.807, 2.05) is 18.5 Å². The highest BCUT2D eigenvalue weighted by atomic mass is 15.0. The summed E-state index contributed by atoms with van der Waals surface area (Å²) in [6.07, 6.45) is 3.74. The minimum absolute atomic E-state index is 0.558. The molecular weight excluding hydrogens is 1140 g/mol. The molecule has 0 bridgehead atoms. The van der Waals surface area contributed by atoms with Gasteiger partial charge < -0.3 is 18.3 Å². The van der Waals surface area contributed by atoms with E-state index in [1.165, 1.54) is 65.3 Å². The summed E-state index contributed by atoms with van der Waals surface area (Å²) in [7, 11) is 0. The molecule has 0 N–H and O–H groups in total. The molecule has 5 aromatic heterocycles. The van der Waals surface area contributed by atoms with Crippen molar-refractivity contribution in [2.24, 2.45) is 0 Å². The molecule has 0 saturated heterocycles. The number of benzene rings is 13. The lowest BCUT2D eigenvalue weighted by atomic mass is 9.76. The first-order chi connectivity index (χ1) is 46.2. The first kappa shape index (κ1) is 54.6. The highest BCUT2D eigenvalue weighted by Crippen LogP contribution is 2.54. The molecule has 18 aromatic rings. The van der Waals surface area contributed by atoms with E-state index in [1.54, 1.807) is 0 Å². The Morgan fingerprint density at radius 3 is 0.809 bits per heavy atom. The summed E-state index contributed by atoms with van der Waals surface area (Å²) in [6.45, 7) is 8.65. The van der Waals surface area contributed by atoms with E-state index in [9.17, 15) is 5.26 Å². The van der Waals surface area contributed by atoms with Crippen LogP contribution in [0.3, 0.4) is 0 Å². The summed E-state index contributed by atoms with van der Waals surface area (Å²) in [6, 6.07) is 105. The van der Waals surface area contributed by atoms with Gasteiger partial charge in [-0.05, 0) is 194 Å². The van der Waals surface area contributed by atoms with Crippen molar-refractivity contribution >= 4 is 87.2 Å². The Bertz CT molecular complexity index is 6170. The average molecular weight is 1200 g/mol. The Morgan fingerprint density at radius 2 is 0.521 bits per heavy atom. The third-order valence-corrected chi connectivity index (χ3v) is 19.5. The fraction of sp³-hybridized carbons (Fsp3) is 0.0455. The molecule has 13 aromatic carbocycles. The van der Waals surface area contributed by atoms with Gasteiger partial charge in [-0.15, -0.1) is 0 Å². The van der Waals surface area contributed by atoms with Crippen LogP contribution in [-0.4, -0.2) is 23.3 Å². The summed E-state index contributed by atoms with van der Waals surface area (Å²) in [4.78, 5) is 4.82. The number of hydrogen-bond acceptors (Lipinski definition) is 2. The Labute approximate surface area is 544 Å². The van der Waals surface area contributed by atoms with E-state index in [2.05, 4.69) is 325 Å². The average Bonchev–Trinajstić information content (AvgIpc) is 1.22. The van der Waals surface area contributed by atoms with Crippen molar-refractivity contribution in [3.05, 3.63) is 319 Å². The van der Waals surface area contributed by atoms with E-state index in [-0.39, 0.29) is 0 Å². The number of pyridine rings is 1. The number of nitriles is 1. The monoisotopic (exact) mass is 1200 g/mol. The number of aromatic nitrogens is 5. The van der Waals surface area contributed by atoms with Crippen LogP contribution < -0.4 is 0 Å². The van der Waals surface area contributed by atoms with Gasteiger partial charge in [0.1, 0.15) is 6.07 Å². The van der Waals surface area contributed by atoms with Crippen LogP contribution in [0.4, 0.5) is 0 Å². The van der Waals surface area contributed by atoms with Crippen LogP contribution in [-0.2, 0) is 0 Å². The number of para-hydroxylation sites is 4. The minimum Gasteiger partial charge on any atom is -0.309 e. The number of nitrogens with zero attached hydrogens (tertiary/aromatic N) is 6. The molecule has 0 saturated carbocycles. The topological polar surface area (TPSA) is 56.4 Å². The van der Waals surface area contributed by atoms with E-state index in [4.69, 9.17) is 4.98 Å². The molecule has 6 heteroatoms. The van der Waals surface area contributed by atoms with Crippen LogP contribution in [0, 0.1) is 39.0 Å². The maximum absolute atomic E-state index is 12.4. The second-order valence-electron chi connectivity index (χ2n) is 25.3. The summed E-state index contributed by atoms with van der Waals surface area (Å²) < 4.78 is 9.53. The molecule has 94 heavy (non-hydrogen) atoms. The minimum atomic E-state index is 0.558. The fourth-order valence-corrected chi connectivity index (χ4v) is 15.4. The van der Waals surface area contributed by atoms with E-state index >= 15 is 0 Å². The zero-order valence-electron chi connectivity index (χ0n) is 52.4. The van der Waals surface area contributed by atoms with Gasteiger partial charge in [-0.3, -0.25) is 4.98 Å². The molecule has 0 radical (unpaired) electrons. The third-order valence-electron chi connectivity index (χ3n) is 19.5. The van der Waals surface area contributed by atoms with E-state index in [0.29, 0.717) is 5.56 Å². The zero-order chi connectivity index (χ0) is 62.9. The fourth-order valence-electron chi connectivity index (χ4n) is 15.4. The molecule has 0 atom stereocenters. The summed E-state index contributed by atoms with van der Waals surface area (Å²) >= 11 is 0. The predicted octanol–water partition coefficient (Wildman–Crippen LogP) is 22.9. The Morgan fingerprint density at radius 1 is 0.255 bits per heavy atom. The highest BCUT2D eigenvalue weighted by Gasteiger charge is 2.30. The molecule has 18 rings (SSSR count). The zero-order valence-corrected chi connectivity index (χ0v) is 52.4. The Hall–Kier alpha value is -12.3. The van der Waals surface area contributed by atoms with Crippen molar-refractivity contribution in [3.8, 4) is 84.5 Å². The second kappa shape index (κ2) is 21.4. The van der Waals surface area contributed by atoms with Gasteiger partial charge >= 0.3 is 0 Å². The predicted molar refractivity (Wildman–Crippen MR) is 392 cm³/mol. The van der Waals surface area contributed by atoms with Crippen molar-refractivity contribution in [3.63, 3.8) is 0 Å². The molecule has 0 fully saturated rings. The van der Waals surface area contributed by atoms with Gasteiger partial charge in [0.2, 0.25) is 0 Å². The summed E-state index contributed by atoms with van der Waals surface area (Å²) in [5.41, 5.74) is 28.0. The van der Waals surface area contributed by atoms with E-state index in [0.717, 1.165) is 123 Å². The smallest absolute Gasteiger partial charge is 0.100 e. The van der Waals surface area contributed by atoms with Crippen molar-refractivity contribution < 1.29 is 0 Å². The Balaban J connectivity index is 0.937. The van der Waals surface area contributed by atoms with Crippen LogP contribution in [0.15, 0.2) is 291 Å². The standard InChI is InChI=1S/C88H60N6/c1-54-23-43-80-71(48-54)67-15-5-9-19-76(67)91(80)63-35-27-58(28-36-63)84-75(52-89)85(62-14-13-47-90-53-62)87(60-31-39-65(40-32-60)93-78-21-11-7-17-69(78)73-50-56(3)25-45-82(73)93)88(61-33-41-66(42-34-61)94-79-22-12-8-18-70(79)74-51-57(4)26-46-83(74)94)86(84)59-29-37-64(38-30-59)92-77-20-10-6-16-68(77)72-49-55(2)24-44-81(72)92/h5-51,53H,1-4H3. The van der Waals surface area contributed by atoms with Gasteiger partial charge in [0.05, 0.1) is 49.7 Å². The number of fused-ring (bicyclic) bond motifs is 12. The Kier molecular flexibility index (Phi) is 12.4. The van der Waals surface area contributed by atoms with Gasteiger partial charge in [0, 0.05) is 94.9 Å². The lowest BCUT2D eigenvalue weighted by molar-refractivity contribution is 1.18. The largest absolute Gasteiger partial charge is 0.309 e. The van der Waals surface area contributed by atoms with Gasteiger partial charge in [-0.2, -0.15) is 5.26 Å². The number of rotatable bonds is 9. The van der Waals surface area contributed by atoms with Crippen molar-refractivity contribution in [2.45, 2.75) is 27.7 Å². The van der Waals surface area contributed by atoms with Gasteiger partial charge in [-0.1, -0.05) is 174 Å². The van der Waals surface area contributed by atoms with Gasteiger partial charge in [0.25, 0.3) is 0 Å². The molecule has 0 spiro atoms. The molecular formula is C88H60N6. The molecule has 0 amide bonds. The lowest BCUT2D eigenvalue weighted by Gasteiger charge is -2.26. The maximum atomic E-state index is 12.4. The van der Waals surface area contributed by atoms with Gasteiger partial charge in [-0.25, -0.2) is 0 Å². The molecule has 5 heterocycles. The van der Waals surface area contributed by atoms with Crippen LogP contribution in [0.2, 0.25) is 0 Å². The highest BCUT2D eigenvalue weighted by molar-refractivity contribution is 6.15. The summed E-state index contributed by atoms with van der Waals surface area (Å²) in [5, 5.41) is 22.1. The maximum Gasteiger partial charge on any atom is 0.100 e. The van der Waals surface area contributed by atoms with Gasteiger partial charge in [0.15, 0.2) is 0 Å². The molecule has 0 aliphatic carbocycles. The molecule has 6 nitrogen and oxygen atoms in total. The third kappa shape index (κ3) is 8.45. The van der Waals surface area contributed by atoms with Crippen LogP contribution in [0.25, 0.3) is 166 Å².